The van der Waals surface area contributed by atoms with Gasteiger partial charge in [0.15, 0.2) is 0 Å². The number of imide groups is 1. The first-order chi connectivity index (χ1) is 17.2. The molecule has 36 heavy (non-hydrogen) atoms. The van der Waals surface area contributed by atoms with E-state index in [1.54, 1.807) is 18.2 Å². The molecular weight excluding hydrogens is 545 g/mol. The highest BCUT2D eigenvalue weighted by Crippen LogP contribution is 2.34. The Balaban J connectivity index is 1.34. The van der Waals surface area contributed by atoms with E-state index in [1.807, 2.05) is 0 Å². The van der Waals surface area contributed by atoms with E-state index in [0.29, 0.717) is 23.7 Å². The highest BCUT2D eigenvalue weighted by molar-refractivity contribution is 8.18. The second-order valence-electron chi connectivity index (χ2n) is 8.22. The number of sulfonamides is 1. The lowest BCUT2D eigenvalue weighted by Crippen LogP contribution is -2.37. The van der Waals surface area contributed by atoms with Crippen molar-refractivity contribution < 1.29 is 22.8 Å². The van der Waals surface area contributed by atoms with Gasteiger partial charge in [0.2, 0.25) is 10.0 Å². The molecule has 2 saturated heterocycles. The molecule has 1 N–H and O–H groups in total. The lowest BCUT2D eigenvalue weighted by atomic mass is 10.2. The number of carbonyl (C=O) groups excluding carboxylic acids is 3. The number of thioether (sulfide) groups is 1. The van der Waals surface area contributed by atoms with Gasteiger partial charge in [-0.3, -0.25) is 19.3 Å². The minimum absolute atomic E-state index is 0.0154. The van der Waals surface area contributed by atoms with Gasteiger partial charge >= 0.3 is 0 Å². The summed E-state index contributed by atoms with van der Waals surface area (Å²) >= 11 is 13.0. The van der Waals surface area contributed by atoms with Crippen LogP contribution in [0.25, 0.3) is 6.08 Å². The van der Waals surface area contributed by atoms with Crippen LogP contribution in [-0.2, 0) is 14.8 Å². The van der Waals surface area contributed by atoms with E-state index in [-0.39, 0.29) is 33.5 Å². The topological polar surface area (TPSA) is 104 Å². The molecule has 4 rings (SSSR count). The molecule has 2 aromatic carbocycles. The Morgan fingerprint density at radius 2 is 1.72 bits per heavy atom. The number of rotatable bonds is 7. The van der Waals surface area contributed by atoms with Crippen molar-refractivity contribution in [3.05, 3.63) is 68.5 Å². The summed E-state index contributed by atoms with van der Waals surface area (Å²) in [4.78, 5) is 38.9. The SMILES string of the molecule is O=C(NCCN1C(=O)S/C(=C/c2cccc(Cl)c2Cl)C1=O)c1ccc(S(=O)(=O)N2CCCCC2)cc1. The third kappa shape index (κ3) is 5.78. The zero-order chi connectivity index (χ0) is 25.9. The largest absolute Gasteiger partial charge is 0.350 e. The molecule has 12 heteroatoms. The predicted molar refractivity (Wildman–Crippen MR) is 141 cm³/mol. The zero-order valence-electron chi connectivity index (χ0n) is 19.1. The first-order valence-corrected chi connectivity index (χ1v) is 14.3. The lowest BCUT2D eigenvalue weighted by Gasteiger charge is -2.25. The Morgan fingerprint density at radius 3 is 2.42 bits per heavy atom. The Bertz CT molecular complexity index is 1320. The van der Waals surface area contributed by atoms with Crippen molar-refractivity contribution in [3.63, 3.8) is 0 Å². The molecule has 2 fully saturated rings. The van der Waals surface area contributed by atoms with E-state index in [2.05, 4.69) is 5.32 Å². The normalized spacial score (nSPS) is 18.2. The number of piperidine rings is 1. The van der Waals surface area contributed by atoms with Crippen LogP contribution in [0, 0.1) is 0 Å². The fraction of sp³-hybridized carbons (Fsp3) is 0.292. The number of hydrogen-bond donors (Lipinski definition) is 1. The van der Waals surface area contributed by atoms with Crippen molar-refractivity contribution in [3.8, 4) is 0 Å². The van der Waals surface area contributed by atoms with E-state index in [9.17, 15) is 22.8 Å². The van der Waals surface area contributed by atoms with Crippen LogP contribution in [0.4, 0.5) is 4.79 Å². The van der Waals surface area contributed by atoms with Crippen LogP contribution in [0.15, 0.2) is 52.3 Å². The van der Waals surface area contributed by atoms with Gasteiger partial charge in [0.05, 0.1) is 19.8 Å². The summed E-state index contributed by atoms with van der Waals surface area (Å²) in [7, 11) is -3.58. The Morgan fingerprint density at radius 1 is 1.03 bits per heavy atom. The van der Waals surface area contributed by atoms with Crippen molar-refractivity contribution in [1.82, 2.24) is 14.5 Å². The maximum absolute atomic E-state index is 12.8. The van der Waals surface area contributed by atoms with Crippen LogP contribution in [0.3, 0.4) is 0 Å². The molecule has 8 nitrogen and oxygen atoms in total. The van der Waals surface area contributed by atoms with Crippen molar-refractivity contribution in [1.29, 1.82) is 0 Å². The first-order valence-electron chi connectivity index (χ1n) is 11.3. The second-order valence-corrected chi connectivity index (χ2v) is 11.9. The number of nitrogens with zero attached hydrogens (tertiary/aromatic N) is 2. The van der Waals surface area contributed by atoms with Crippen LogP contribution in [-0.4, -0.2) is 60.9 Å². The predicted octanol–water partition coefficient (Wildman–Crippen LogP) is 4.63. The third-order valence-electron chi connectivity index (χ3n) is 5.83. The minimum Gasteiger partial charge on any atom is -0.350 e. The Kier molecular flexibility index (Phi) is 8.41. The van der Waals surface area contributed by atoms with Gasteiger partial charge in [0.25, 0.3) is 17.1 Å². The van der Waals surface area contributed by atoms with Gasteiger partial charge in [0, 0.05) is 31.7 Å². The average Bonchev–Trinajstić information content (AvgIpc) is 3.14. The summed E-state index contributed by atoms with van der Waals surface area (Å²) in [6.45, 7) is 1.02. The van der Waals surface area contributed by atoms with E-state index in [0.717, 1.165) is 35.9 Å². The standard InChI is InChI=1S/C24H23Cl2N3O5S2/c25-19-6-4-5-17(21(19)26)15-20-23(31)29(24(32)35-20)14-11-27-22(30)16-7-9-18(10-8-16)36(33,34)28-12-2-1-3-13-28/h4-10,15H,1-3,11-14H2,(H,27,30)/b20-15+. The van der Waals surface area contributed by atoms with E-state index >= 15 is 0 Å². The van der Waals surface area contributed by atoms with E-state index in [1.165, 1.54) is 34.6 Å². The summed E-state index contributed by atoms with van der Waals surface area (Å²) in [6.07, 6.45) is 4.21. The highest BCUT2D eigenvalue weighted by atomic mass is 35.5. The van der Waals surface area contributed by atoms with Crippen molar-refractivity contribution in [2.24, 2.45) is 0 Å². The number of hydrogen-bond acceptors (Lipinski definition) is 6. The Hall–Kier alpha value is -2.37. The molecule has 0 atom stereocenters. The summed E-state index contributed by atoms with van der Waals surface area (Å²) in [5, 5.41) is 2.83. The smallest absolute Gasteiger partial charge is 0.293 e. The molecule has 0 unspecified atom stereocenters. The number of amides is 3. The fourth-order valence-corrected chi connectivity index (χ4v) is 6.62. The molecule has 2 aliphatic heterocycles. The summed E-state index contributed by atoms with van der Waals surface area (Å²) in [5.41, 5.74) is 0.797. The van der Waals surface area contributed by atoms with Gasteiger partial charge in [-0.2, -0.15) is 4.31 Å². The second kappa shape index (κ2) is 11.4. The van der Waals surface area contributed by atoms with Crippen LogP contribution in [0.1, 0.15) is 35.2 Å². The molecule has 2 heterocycles. The number of nitrogens with one attached hydrogen (secondary N) is 1. The van der Waals surface area contributed by atoms with Crippen LogP contribution in [0.5, 0.6) is 0 Å². The number of benzene rings is 2. The highest BCUT2D eigenvalue weighted by Gasteiger charge is 2.35. The fourth-order valence-electron chi connectivity index (χ4n) is 3.88. The van der Waals surface area contributed by atoms with Crippen molar-refractivity contribution in [2.45, 2.75) is 24.2 Å². The molecule has 190 valence electrons. The van der Waals surface area contributed by atoms with Crippen LogP contribution in [0.2, 0.25) is 10.0 Å². The van der Waals surface area contributed by atoms with Gasteiger partial charge < -0.3 is 5.32 Å². The van der Waals surface area contributed by atoms with Crippen LogP contribution >= 0.6 is 35.0 Å². The van der Waals surface area contributed by atoms with Gasteiger partial charge in [-0.15, -0.1) is 0 Å². The summed E-state index contributed by atoms with van der Waals surface area (Å²) in [6, 6.07) is 10.7. The number of halogens is 2. The van der Waals surface area contributed by atoms with Crippen molar-refractivity contribution in [2.75, 3.05) is 26.2 Å². The summed E-state index contributed by atoms with van der Waals surface area (Å²) in [5.74, 6) is -0.923. The zero-order valence-corrected chi connectivity index (χ0v) is 22.2. The molecule has 0 aliphatic carbocycles. The van der Waals surface area contributed by atoms with Gasteiger partial charge in [-0.05, 0) is 66.6 Å². The quantitative estimate of drug-likeness (QED) is 0.489. The first kappa shape index (κ1) is 26.7. The average molecular weight is 569 g/mol. The van der Waals surface area contributed by atoms with Gasteiger partial charge in [-0.1, -0.05) is 41.8 Å². The summed E-state index contributed by atoms with van der Waals surface area (Å²) < 4.78 is 27.0. The molecule has 0 bridgehead atoms. The molecule has 2 aliphatic rings. The monoisotopic (exact) mass is 567 g/mol. The molecule has 2 aromatic rings. The number of carbonyl (C=O) groups is 3. The maximum Gasteiger partial charge on any atom is 0.293 e. The third-order valence-corrected chi connectivity index (χ3v) is 9.49. The molecule has 0 aromatic heterocycles. The maximum atomic E-state index is 12.8. The Labute approximate surface area is 223 Å². The van der Waals surface area contributed by atoms with Gasteiger partial charge in [-0.25, -0.2) is 8.42 Å². The van der Waals surface area contributed by atoms with Crippen molar-refractivity contribution >= 4 is 68.1 Å². The molecule has 3 amide bonds. The van der Waals surface area contributed by atoms with E-state index in [4.69, 9.17) is 23.2 Å². The van der Waals surface area contributed by atoms with E-state index < -0.39 is 27.1 Å². The molecule has 0 saturated carbocycles. The molecule has 0 spiro atoms. The molecule has 0 radical (unpaired) electrons. The lowest BCUT2D eigenvalue weighted by molar-refractivity contribution is -0.122. The minimum atomic E-state index is -3.58. The molecular formula is C24H23Cl2N3O5S2. The van der Waals surface area contributed by atoms with Gasteiger partial charge in [0.1, 0.15) is 0 Å². The van der Waals surface area contributed by atoms with Crippen LogP contribution < -0.4 is 5.32 Å².